The first-order valence-corrected chi connectivity index (χ1v) is 4.18. The normalized spacial score (nSPS) is 10.3. The van der Waals surface area contributed by atoms with Gasteiger partial charge in [-0.15, -0.1) is 6.58 Å². The van der Waals surface area contributed by atoms with Crippen molar-refractivity contribution in [1.29, 1.82) is 0 Å². The lowest BCUT2D eigenvalue weighted by Crippen LogP contribution is -2.23. The molecular weight excluding hydrogens is 122 g/mol. The Labute approximate surface area is 64.7 Å². The third-order valence-corrected chi connectivity index (χ3v) is 1.78. The summed E-state index contributed by atoms with van der Waals surface area (Å²) in [7, 11) is 0. The van der Waals surface area contributed by atoms with Gasteiger partial charge < -0.3 is 4.90 Å². The topological polar surface area (TPSA) is 3.24 Å². The third kappa shape index (κ3) is 4.57. The van der Waals surface area contributed by atoms with E-state index in [0.717, 1.165) is 6.42 Å². The van der Waals surface area contributed by atoms with Crippen LogP contribution in [0.2, 0.25) is 0 Å². The molecule has 1 nitrogen and oxygen atoms in total. The van der Waals surface area contributed by atoms with Crippen molar-refractivity contribution in [3.63, 3.8) is 0 Å². The Morgan fingerprint density at radius 1 is 1.30 bits per heavy atom. The molecule has 0 amide bonds. The summed E-state index contributed by atoms with van der Waals surface area (Å²) in [5.41, 5.74) is 0. The average Bonchev–Trinajstić information content (AvgIpc) is 1.99. The Hall–Kier alpha value is -0.300. The van der Waals surface area contributed by atoms with Gasteiger partial charge >= 0.3 is 0 Å². The van der Waals surface area contributed by atoms with Gasteiger partial charge in [-0.05, 0) is 32.5 Å². The van der Waals surface area contributed by atoms with E-state index in [2.05, 4.69) is 25.3 Å². The highest BCUT2D eigenvalue weighted by Gasteiger charge is 1.95. The van der Waals surface area contributed by atoms with Gasteiger partial charge in [-0.1, -0.05) is 19.9 Å². The minimum Gasteiger partial charge on any atom is -0.304 e. The predicted octanol–water partition coefficient (Wildman–Crippen LogP) is 2.29. The molecule has 0 N–H and O–H groups in total. The molecule has 0 spiro atoms. The van der Waals surface area contributed by atoms with Crippen LogP contribution in [0.1, 0.15) is 26.7 Å². The molecule has 0 saturated heterocycles. The summed E-state index contributed by atoms with van der Waals surface area (Å²) in [5.74, 6) is 0. The van der Waals surface area contributed by atoms with Crippen LogP contribution < -0.4 is 0 Å². The molecule has 0 aromatic heterocycles. The molecule has 0 heterocycles. The fourth-order valence-corrected chi connectivity index (χ4v) is 0.999. The van der Waals surface area contributed by atoms with E-state index in [9.17, 15) is 0 Å². The number of allylic oxidation sites excluding steroid dienone is 1. The Morgan fingerprint density at radius 2 is 1.90 bits per heavy atom. The van der Waals surface area contributed by atoms with Crippen molar-refractivity contribution >= 4 is 0 Å². The molecule has 0 atom stereocenters. The molecule has 0 saturated carbocycles. The summed E-state index contributed by atoms with van der Waals surface area (Å²) in [6, 6.07) is 0. The van der Waals surface area contributed by atoms with Crippen molar-refractivity contribution in [1.82, 2.24) is 4.90 Å². The highest BCUT2D eigenvalue weighted by molar-refractivity contribution is 4.66. The zero-order valence-electron chi connectivity index (χ0n) is 7.27. The molecule has 0 rings (SSSR count). The summed E-state index contributed by atoms with van der Waals surface area (Å²) in [6.45, 7) is 11.7. The smallest absolute Gasteiger partial charge is 0.00160 e. The first kappa shape index (κ1) is 9.70. The van der Waals surface area contributed by atoms with E-state index < -0.39 is 0 Å². The summed E-state index contributed by atoms with van der Waals surface area (Å²) >= 11 is 0. The summed E-state index contributed by atoms with van der Waals surface area (Å²) in [6.07, 6.45) is 4.39. The fraction of sp³-hybridized carbons (Fsp3) is 0.778. The predicted molar refractivity (Wildman–Crippen MR) is 47.2 cm³/mol. The van der Waals surface area contributed by atoms with Crippen molar-refractivity contribution in [3.8, 4) is 0 Å². The monoisotopic (exact) mass is 141 g/mol. The lowest BCUT2D eigenvalue weighted by atomic mass is 10.3. The van der Waals surface area contributed by atoms with Crippen LogP contribution in [-0.2, 0) is 0 Å². The molecule has 0 bridgehead atoms. The van der Waals surface area contributed by atoms with Crippen LogP contribution in [0, 0.1) is 0 Å². The van der Waals surface area contributed by atoms with Gasteiger partial charge in [0.15, 0.2) is 0 Å². The van der Waals surface area contributed by atoms with E-state index in [0.29, 0.717) is 0 Å². The molecule has 60 valence electrons. The highest BCUT2D eigenvalue weighted by atomic mass is 15.1. The second-order valence-corrected chi connectivity index (χ2v) is 2.46. The Balaban J connectivity index is 3.16. The van der Waals surface area contributed by atoms with E-state index in [-0.39, 0.29) is 0 Å². The van der Waals surface area contributed by atoms with Crippen LogP contribution in [0.4, 0.5) is 0 Å². The molecular formula is C9H19N. The lowest BCUT2D eigenvalue weighted by Gasteiger charge is -2.16. The third-order valence-electron chi connectivity index (χ3n) is 1.78. The van der Waals surface area contributed by atoms with Crippen LogP contribution in [-0.4, -0.2) is 24.5 Å². The van der Waals surface area contributed by atoms with Gasteiger partial charge in [0, 0.05) is 0 Å². The molecule has 1 heteroatoms. The van der Waals surface area contributed by atoms with Gasteiger partial charge in [-0.3, -0.25) is 0 Å². The quantitative estimate of drug-likeness (QED) is 0.405. The van der Waals surface area contributed by atoms with Crippen LogP contribution in [0.3, 0.4) is 0 Å². The number of hydrogen-bond acceptors (Lipinski definition) is 1. The van der Waals surface area contributed by atoms with Crippen molar-refractivity contribution in [2.75, 3.05) is 19.6 Å². The molecule has 0 aliphatic carbocycles. The molecule has 0 aromatic rings. The number of rotatable bonds is 6. The molecule has 0 fully saturated rings. The van der Waals surface area contributed by atoms with Gasteiger partial charge in [-0.25, -0.2) is 0 Å². The van der Waals surface area contributed by atoms with Crippen LogP contribution in [0.15, 0.2) is 12.7 Å². The zero-order chi connectivity index (χ0) is 7.82. The second-order valence-electron chi connectivity index (χ2n) is 2.46. The van der Waals surface area contributed by atoms with Crippen molar-refractivity contribution in [3.05, 3.63) is 12.7 Å². The molecule has 0 aliphatic rings. The van der Waals surface area contributed by atoms with E-state index in [1.807, 2.05) is 6.08 Å². The lowest BCUT2D eigenvalue weighted by molar-refractivity contribution is 0.301. The Morgan fingerprint density at radius 3 is 2.30 bits per heavy atom. The number of hydrogen-bond donors (Lipinski definition) is 0. The van der Waals surface area contributed by atoms with Crippen molar-refractivity contribution in [2.24, 2.45) is 0 Å². The molecule has 10 heavy (non-hydrogen) atoms. The molecule has 0 unspecified atom stereocenters. The summed E-state index contributed by atoms with van der Waals surface area (Å²) in [5, 5.41) is 0. The van der Waals surface area contributed by atoms with E-state index >= 15 is 0 Å². The molecule has 0 aliphatic heterocycles. The summed E-state index contributed by atoms with van der Waals surface area (Å²) in [4.78, 5) is 2.43. The standard InChI is InChI=1S/C9H19N/c1-4-7-8-9-10(5-2)6-3/h4H,1,5-9H2,2-3H3. The van der Waals surface area contributed by atoms with Gasteiger partial charge in [-0.2, -0.15) is 0 Å². The first-order valence-electron chi connectivity index (χ1n) is 4.18. The largest absolute Gasteiger partial charge is 0.304 e. The van der Waals surface area contributed by atoms with Gasteiger partial charge in [0.25, 0.3) is 0 Å². The maximum atomic E-state index is 3.69. The van der Waals surface area contributed by atoms with Gasteiger partial charge in [0.05, 0.1) is 0 Å². The number of nitrogens with zero attached hydrogens (tertiary/aromatic N) is 1. The highest BCUT2D eigenvalue weighted by Crippen LogP contribution is 1.94. The van der Waals surface area contributed by atoms with Crippen LogP contribution in [0.5, 0.6) is 0 Å². The van der Waals surface area contributed by atoms with E-state index in [1.165, 1.54) is 26.1 Å². The SMILES string of the molecule is C=CCCCN(CC)CC. The minimum absolute atomic E-state index is 1.15. The zero-order valence-corrected chi connectivity index (χ0v) is 7.27. The first-order chi connectivity index (χ1) is 4.85. The maximum absolute atomic E-state index is 3.69. The van der Waals surface area contributed by atoms with Crippen LogP contribution >= 0.6 is 0 Å². The molecule has 0 aromatic carbocycles. The fourth-order valence-electron chi connectivity index (χ4n) is 0.999. The number of unbranched alkanes of at least 4 members (excludes halogenated alkanes) is 1. The summed E-state index contributed by atoms with van der Waals surface area (Å²) < 4.78 is 0. The Kier molecular flexibility index (Phi) is 6.61. The van der Waals surface area contributed by atoms with Gasteiger partial charge in [0.2, 0.25) is 0 Å². The molecule has 0 radical (unpaired) electrons. The van der Waals surface area contributed by atoms with E-state index in [1.54, 1.807) is 0 Å². The van der Waals surface area contributed by atoms with E-state index in [4.69, 9.17) is 0 Å². The maximum Gasteiger partial charge on any atom is -0.00160 e. The van der Waals surface area contributed by atoms with Crippen LogP contribution in [0.25, 0.3) is 0 Å². The second kappa shape index (κ2) is 6.81. The average molecular weight is 141 g/mol. The van der Waals surface area contributed by atoms with Gasteiger partial charge in [0.1, 0.15) is 0 Å². The van der Waals surface area contributed by atoms with Crippen molar-refractivity contribution in [2.45, 2.75) is 26.7 Å². The minimum atomic E-state index is 1.15. The Bertz CT molecular complexity index is 74.8. The van der Waals surface area contributed by atoms with Crippen molar-refractivity contribution < 1.29 is 0 Å².